The normalized spacial score (nSPS) is 15.0. The lowest BCUT2D eigenvalue weighted by atomic mass is 9.84. The molecule has 1 aromatic carbocycles. The van der Waals surface area contributed by atoms with Gasteiger partial charge in [0.15, 0.2) is 0 Å². The van der Waals surface area contributed by atoms with E-state index in [9.17, 15) is 0 Å². The van der Waals surface area contributed by atoms with Gasteiger partial charge in [-0.15, -0.1) is 0 Å². The summed E-state index contributed by atoms with van der Waals surface area (Å²) in [6.07, 6.45) is 51.2. The lowest BCUT2D eigenvalue weighted by Crippen LogP contribution is -2.20. The van der Waals surface area contributed by atoms with E-state index in [4.69, 9.17) is 0 Å². The van der Waals surface area contributed by atoms with Crippen LogP contribution in [0, 0.1) is 0 Å². The second kappa shape index (κ2) is 29.6. The number of hydrogen-bond donors (Lipinski definition) is 0. The Morgan fingerprint density at radius 2 is 0.950 bits per heavy atom. The van der Waals surface area contributed by atoms with Crippen LogP contribution in [0.2, 0.25) is 0 Å². The van der Waals surface area contributed by atoms with Crippen LogP contribution in [0.5, 0.6) is 0 Å². The molecule has 0 fully saturated rings. The molecule has 0 spiro atoms. The molecular weight excluding hydrogens is 725 g/mol. The molecule has 0 aliphatic heterocycles. The van der Waals surface area contributed by atoms with Crippen molar-refractivity contribution in [1.29, 1.82) is 0 Å². The molecule has 0 N–H and O–H groups in total. The summed E-state index contributed by atoms with van der Waals surface area (Å²) in [7, 11) is 0. The van der Waals surface area contributed by atoms with Gasteiger partial charge in [-0.25, -0.2) is 0 Å². The van der Waals surface area contributed by atoms with Crippen LogP contribution in [0.1, 0.15) is 74.8 Å². The van der Waals surface area contributed by atoms with E-state index >= 15 is 0 Å². The minimum Gasteiger partial charge on any atom is -0.315 e. The summed E-state index contributed by atoms with van der Waals surface area (Å²) >= 11 is 0. The van der Waals surface area contributed by atoms with Gasteiger partial charge in [-0.1, -0.05) is 172 Å². The van der Waals surface area contributed by atoms with Crippen LogP contribution in [-0.2, 0) is 0 Å². The van der Waals surface area contributed by atoms with Crippen LogP contribution in [0.15, 0.2) is 277 Å². The Labute approximate surface area is 365 Å². The molecule has 312 valence electrons. The minimum absolute atomic E-state index is 0.862. The summed E-state index contributed by atoms with van der Waals surface area (Å²) in [5, 5.41) is 0. The molecule has 0 atom stereocenters. The highest BCUT2D eigenvalue weighted by atomic mass is 15.2. The summed E-state index contributed by atoms with van der Waals surface area (Å²) in [5.41, 5.74) is 13.4. The van der Waals surface area contributed by atoms with E-state index in [-0.39, 0.29) is 0 Å². The van der Waals surface area contributed by atoms with E-state index in [0.717, 1.165) is 67.6 Å². The Balaban J connectivity index is 4.46. The summed E-state index contributed by atoms with van der Waals surface area (Å²) in [5.74, 6) is 0. The fraction of sp³-hybridized carbons (Fsp3) is 0.172. The van der Waals surface area contributed by atoms with Crippen LogP contribution in [-0.4, -0.2) is 9.80 Å². The number of nitrogens with zero attached hydrogens (tertiary/aromatic N) is 2. The van der Waals surface area contributed by atoms with Crippen molar-refractivity contribution < 1.29 is 0 Å². The molecule has 2 nitrogen and oxygen atoms in total. The third kappa shape index (κ3) is 15.6. The molecule has 0 bridgehead atoms. The molecule has 0 radical (unpaired) electrons. The van der Waals surface area contributed by atoms with Gasteiger partial charge in [-0.05, 0) is 151 Å². The molecule has 0 aromatic heterocycles. The summed E-state index contributed by atoms with van der Waals surface area (Å²) in [6.45, 7) is 41.2. The van der Waals surface area contributed by atoms with Crippen molar-refractivity contribution in [2.75, 3.05) is 0 Å². The zero-order chi connectivity index (χ0) is 44.9. The maximum atomic E-state index is 4.32. The van der Waals surface area contributed by atoms with E-state index in [0.29, 0.717) is 0 Å². The van der Waals surface area contributed by atoms with Gasteiger partial charge in [0, 0.05) is 34.2 Å². The Bertz CT molecular complexity index is 2120. The zero-order valence-electron chi connectivity index (χ0n) is 38.3. The topological polar surface area (TPSA) is 6.48 Å². The van der Waals surface area contributed by atoms with Gasteiger partial charge in [0.25, 0.3) is 0 Å². The molecule has 0 unspecified atom stereocenters. The van der Waals surface area contributed by atoms with Gasteiger partial charge in [-0.3, -0.25) is 0 Å². The molecule has 1 rings (SSSR count). The average Bonchev–Trinajstić information content (AvgIpc) is 3.26. The van der Waals surface area contributed by atoms with Crippen molar-refractivity contribution in [2.24, 2.45) is 0 Å². The molecule has 0 heterocycles. The van der Waals surface area contributed by atoms with Gasteiger partial charge < -0.3 is 9.80 Å². The largest absolute Gasteiger partial charge is 0.315 e. The first-order chi connectivity index (χ1) is 29.0. The van der Waals surface area contributed by atoms with Crippen LogP contribution < -0.4 is 0 Å². The molecule has 0 aliphatic rings. The van der Waals surface area contributed by atoms with Crippen molar-refractivity contribution in [1.82, 2.24) is 9.80 Å². The maximum absolute atomic E-state index is 4.32. The molecule has 0 saturated heterocycles. The second-order valence-electron chi connectivity index (χ2n) is 13.4. The number of allylic oxidation sites excluding steroid dienone is 32. The lowest BCUT2D eigenvalue weighted by Gasteiger charge is -2.29. The molecule has 1 aromatic rings. The molecule has 60 heavy (non-hydrogen) atoms. The molecule has 0 amide bonds. The first kappa shape index (κ1) is 51.4. The highest BCUT2D eigenvalue weighted by molar-refractivity contribution is 5.90. The number of rotatable bonds is 23. The zero-order valence-corrected chi connectivity index (χ0v) is 38.3. The van der Waals surface area contributed by atoms with E-state index in [1.54, 1.807) is 12.2 Å². The van der Waals surface area contributed by atoms with E-state index in [1.807, 2.05) is 51.2 Å². The van der Waals surface area contributed by atoms with Crippen LogP contribution >= 0.6 is 0 Å². The SMILES string of the molecule is C=C/C=C\C(=C/C)N(/C(C)=C/C=C(\C=C)N(/C(C=C)=C/C=C(C)C)C(\C=C/C(=C\C)C(=C(C(/C=C\C)=C/C)\c1ccccc1)/C(/C=C\C)=C/C=C)=C\C)C(/C=C\C=C)=C/C. The fourth-order valence-corrected chi connectivity index (χ4v) is 6.28. The summed E-state index contributed by atoms with van der Waals surface area (Å²) in [6, 6.07) is 10.6. The smallest absolute Gasteiger partial charge is 0.0456 e. The van der Waals surface area contributed by atoms with Crippen molar-refractivity contribution in [3.8, 4) is 0 Å². The number of benzene rings is 1. The van der Waals surface area contributed by atoms with Crippen molar-refractivity contribution in [3.63, 3.8) is 0 Å². The average molecular weight is 795 g/mol. The highest BCUT2D eigenvalue weighted by Gasteiger charge is 2.19. The van der Waals surface area contributed by atoms with E-state index in [2.05, 4.69) is 231 Å². The van der Waals surface area contributed by atoms with E-state index in [1.165, 1.54) is 5.57 Å². The van der Waals surface area contributed by atoms with Crippen molar-refractivity contribution in [2.45, 2.75) is 69.2 Å². The third-order valence-corrected chi connectivity index (χ3v) is 9.06. The Morgan fingerprint density at radius 1 is 0.450 bits per heavy atom. The predicted octanol–water partition coefficient (Wildman–Crippen LogP) is 17.0. The molecule has 0 saturated carbocycles. The van der Waals surface area contributed by atoms with Crippen LogP contribution in [0.25, 0.3) is 5.57 Å². The molecular formula is C58H70N2. The highest BCUT2D eigenvalue weighted by Crippen LogP contribution is 2.37. The maximum Gasteiger partial charge on any atom is 0.0456 e. The summed E-state index contributed by atoms with van der Waals surface area (Å²) in [4.78, 5) is 4.39. The Morgan fingerprint density at radius 3 is 1.38 bits per heavy atom. The lowest BCUT2D eigenvalue weighted by molar-refractivity contribution is 0.556. The Hall–Kier alpha value is -6.64. The first-order valence-corrected chi connectivity index (χ1v) is 20.6. The van der Waals surface area contributed by atoms with Gasteiger partial charge >= 0.3 is 0 Å². The quantitative estimate of drug-likeness (QED) is 0.102. The minimum atomic E-state index is 0.862. The fourth-order valence-electron chi connectivity index (χ4n) is 6.28. The predicted molar refractivity (Wildman–Crippen MR) is 271 cm³/mol. The van der Waals surface area contributed by atoms with Crippen molar-refractivity contribution in [3.05, 3.63) is 283 Å². The van der Waals surface area contributed by atoms with E-state index < -0.39 is 0 Å². The number of hydrogen-bond acceptors (Lipinski definition) is 2. The van der Waals surface area contributed by atoms with Crippen LogP contribution in [0.3, 0.4) is 0 Å². The second-order valence-corrected chi connectivity index (χ2v) is 13.4. The van der Waals surface area contributed by atoms with Gasteiger partial charge in [-0.2, -0.15) is 0 Å². The van der Waals surface area contributed by atoms with Gasteiger partial charge in [0.1, 0.15) is 0 Å². The van der Waals surface area contributed by atoms with Gasteiger partial charge in [0.2, 0.25) is 0 Å². The standard InChI is InChI=1S/C58H70N2/c1-16-28-38-52(23-8)59(53(24-9)39-29-17-2)47(15)41-44-55(26-11)60(54(25-10)43-40-46(13)14)56(27-12)45-42-49(22-7)58(50(34-19-4)35-20-5)57(48(21-6)33-18-3)51-36-31-30-32-37-51/h16-45H,1-2,4,10-11H2,3,5-9,12-15H3/b33-18-,35-20-,38-28-,39-29-,45-42-,47-41+,48-21+,49-22+,50-34+,52-23+,53-24+,54-43+,55-44+,56-27+,58-57+. The Kier molecular flexibility index (Phi) is 25.3. The van der Waals surface area contributed by atoms with Gasteiger partial charge in [0.05, 0.1) is 0 Å². The first-order valence-electron chi connectivity index (χ1n) is 20.6. The van der Waals surface area contributed by atoms with Crippen molar-refractivity contribution >= 4 is 5.57 Å². The third-order valence-electron chi connectivity index (χ3n) is 9.06. The summed E-state index contributed by atoms with van der Waals surface area (Å²) < 4.78 is 0. The van der Waals surface area contributed by atoms with Crippen LogP contribution in [0.4, 0.5) is 0 Å². The molecule has 0 aliphatic carbocycles. The molecule has 2 heteroatoms. The monoisotopic (exact) mass is 795 g/mol.